The van der Waals surface area contributed by atoms with Crippen LogP contribution in [0.3, 0.4) is 0 Å². The van der Waals surface area contributed by atoms with Gasteiger partial charge in [-0.1, -0.05) is 53.6 Å². The number of carbonyl (C=O) groups excluding carboxylic acids is 3. The SMILES string of the molecule is Cc1cccc(C[C@@H](CN2C(=O)c3ccccc3C2=O)NC(=O)c2cc(-c3c(C)c(Cl)nn3C)cs2)c1. The molecule has 0 fully saturated rings. The fourth-order valence-electron chi connectivity index (χ4n) is 4.75. The van der Waals surface area contributed by atoms with E-state index in [9.17, 15) is 14.4 Å². The van der Waals surface area contributed by atoms with Crippen molar-refractivity contribution in [2.45, 2.75) is 26.3 Å². The Morgan fingerprint density at radius 2 is 1.76 bits per heavy atom. The fraction of sp³-hybridized carbons (Fsp3) is 0.214. The largest absolute Gasteiger partial charge is 0.346 e. The third-order valence-corrected chi connectivity index (χ3v) is 7.79. The van der Waals surface area contributed by atoms with Crippen molar-refractivity contribution in [1.82, 2.24) is 20.0 Å². The molecule has 5 rings (SSSR count). The molecule has 1 N–H and O–H groups in total. The molecule has 3 heterocycles. The number of halogens is 1. The molecule has 7 nitrogen and oxygen atoms in total. The standard InChI is InChI=1S/C28H25ClN4O3S/c1-16-7-6-8-18(11-16)12-20(14-33-27(35)21-9-4-5-10-22(21)28(33)36)30-26(34)23-13-19(15-37-23)24-17(2)25(29)31-32(24)3/h4-11,13,15,20H,12,14H2,1-3H3,(H,30,34)/t20-/m0/s1. The van der Waals surface area contributed by atoms with E-state index in [-0.39, 0.29) is 24.3 Å². The van der Waals surface area contributed by atoms with E-state index >= 15 is 0 Å². The van der Waals surface area contributed by atoms with E-state index in [1.165, 1.54) is 16.2 Å². The molecule has 2 aromatic carbocycles. The first kappa shape index (κ1) is 24.9. The van der Waals surface area contributed by atoms with Crippen molar-refractivity contribution in [3.05, 3.63) is 97.8 Å². The van der Waals surface area contributed by atoms with Crippen molar-refractivity contribution in [1.29, 1.82) is 0 Å². The first-order valence-electron chi connectivity index (χ1n) is 11.8. The van der Waals surface area contributed by atoms with Crippen LogP contribution in [-0.4, -0.2) is 45.0 Å². The zero-order valence-corrected chi connectivity index (χ0v) is 22.2. The number of benzene rings is 2. The molecule has 0 saturated carbocycles. The second-order valence-electron chi connectivity index (χ2n) is 9.22. The van der Waals surface area contributed by atoms with E-state index in [4.69, 9.17) is 11.6 Å². The average molecular weight is 533 g/mol. The summed E-state index contributed by atoms with van der Waals surface area (Å²) in [5.41, 5.74) is 5.43. The maximum atomic E-state index is 13.3. The average Bonchev–Trinajstić information content (AvgIpc) is 3.51. The number of carbonyl (C=O) groups is 3. The minimum atomic E-state index is -0.477. The van der Waals surface area contributed by atoms with Crippen LogP contribution in [0.4, 0.5) is 0 Å². The second kappa shape index (κ2) is 9.95. The van der Waals surface area contributed by atoms with Gasteiger partial charge in [0.05, 0.1) is 27.7 Å². The molecular weight excluding hydrogens is 508 g/mol. The first-order chi connectivity index (χ1) is 17.7. The summed E-state index contributed by atoms with van der Waals surface area (Å²) < 4.78 is 1.70. The smallest absolute Gasteiger partial charge is 0.261 e. The zero-order chi connectivity index (χ0) is 26.3. The molecule has 0 radical (unpaired) electrons. The highest BCUT2D eigenvalue weighted by Crippen LogP contribution is 2.31. The topological polar surface area (TPSA) is 84.3 Å². The number of thiophene rings is 1. The third kappa shape index (κ3) is 4.82. The number of nitrogens with one attached hydrogen (secondary N) is 1. The Bertz CT molecular complexity index is 1500. The van der Waals surface area contributed by atoms with Gasteiger partial charge in [-0.25, -0.2) is 0 Å². The molecule has 1 aliphatic rings. The summed E-state index contributed by atoms with van der Waals surface area (Å²) in [4.78, 5) is 41.1. The number of fused-ring (bicyclic) bond motifs is 1. The summed E-state index contributed by atoms with van der Waals surface area (Å²) in [5, 5.41) is 9.64. The van der Waals surface area contributed by atoms with Gasteiger partial charge in [-0.05, 0) is 44.0 Å². The normalized spacial score (nSPS) is 13.7. The summed E-state index contributed by atoms with van der Waals surface area (Å²) in [6.45, 7) is 3.96. The van der Waals surface area contributed by atoms with Crippen molar-refractivity contribution in [3.63, 3.8) is 0 Å². The van der Waals surface area contributed by atoms with Crippen LogP contribution in [0.5, 0.6) is 0 Å². The Kier molecular flexibility index (Phi) is 6.70. The van der Waals surface area contributed by atoms with E-state index in [2.05, 4.69) is 10.4 Å². The van der Waals surface area contributed by atoms with Gasteiger partial charge >= 0.3 is 0 Å². The highest BCUT2D eigenvalue weighted by atomic mass is 35.5. The summed E-state index contributed by atoms with van der Waals surface area (Å²) >= 11 is 7.50. The van der Waals surface area contributed by atoms with Gasteiger partial charge in [-0.15, -0.1) is 11.3 Å². The van der Waals surface area contributed by atoms with Crippen LogP contribution < -0.4 is 5.32 Å². The fourth-order valence-corrected chi connectivity index (χ4v) is 5.74. The summed E-state index contributed by atoms with van der Waals surface area (Å²) in [5.74, 6) is -0.950. The lowest BCUT2D eigenvalue weighted by atomic mass is 10.0. The summed E-state index contributed by atoms with van der Waals surface area (Å²) in [6.07, 6.45) is 0.468. The maximum Gasteiger partial charge on any atom is 0.261 e. The van der Waals surface area contributed by atoms with Gasteiger partial charge < -0.3 is 5.32 Å². The number of nitrogens with zero attached hydrogens (tertiary/aromatic N) is 3. The number of amides is 3. The van der Waals surface area contributed by atoms with E-state index < -0.39 is 6.04 Å². The number of hydrogen-bond acceptors (Lipinski definition) is 5. The molecule has 3 amide bonds. The number of aromatic nitrogens is 2. The number of rotatable bonds is 7. The Morgan fingerprint density at radius 3 is 2.38 bits per heavy atom. The predicted molar refractivity (Wildman–Crippen MR) is 144 cm³/mol. The lowest BCUT2D eigenvalue weighted by Gasteiger charge is -2.24. The second-order valence-corrected chi connectivity index (χ2v) is 10.5. The summed E-state index contributed by atoms with van der Waals surface area (Å²) in [6, 6.07) is 16.1. The molecule has 0 spiro atoms. The van der Waals surface area contributed by atoms with E-state index in [0.717, 1.165) is 27.9 Å². The van der Waals surface area contributed by atoms with Crippen LogP contribution in [0.1, 0.15) is 47.1 Å². The Morgan fingerprint density at radius 1 is 1.05 bits per heavy atom. The lowest BCUT2D eigenvalue weighted by Crippen LogP contribution is -2.46. The first-order valence-corrected chi connectivity index (χ1v) is 13.1. The molecule has 2 aromatic heterocycles. The number of aryl methyl sites for hydroxylation is 2. The molecule has 1 aliphatic heterocycles. The monoisotopic (exact) mass is 532 g/mol. The van der Waals surface area contributed by atoms with Gasteiger partial charge in [0.1, 0.15) is 0 Å². The lowest BCUT2D eigenvalue weighted by molar-refractivity contribution is 0.0629. The molecule has 0 aliphatic carbocycles. The van der Waals surface area contributed by atoms with Crippen molar-refractivity contribution in [2.75, 3.05) is 6.54 Å². The van der Waals surface area contributed by atoms with Gasteiger partial charge in [0.15, 0.2) is 5.15 Å². The Labute approximate surface area is 223 Å². The van der Waals surface area contributed by atoms with E-state index in [0.29, 0.717) is 27.6 Å². The molecule has 1 atom stereocenters. The van der Waals surface area contributed by atoms with Crippen molar-refractivity contribution in [3.8, 4) is 11.3 Å². The van der Waals surface area contributed by atoms with Crippen LogP contribution in [-0.2, 0) is 13.5 Å². The molecule has 4 aromatic rings. The Hall–Kier alpha value is -3.75. The minimum Gasteiger partial charge on any atom is -0.346 e. The molecule has 37 heavy (non-hydrogen) atoms. The van der Waals surface area contributed by atoms with Crippen LogP contribution in [0.15, 0.2) is 60.0 Å². The van der Waals surface area contributed by atoms with Crippen LogP contribution in [0.2, 0.25) is 5.15 Å². The summed E-state index contributed by atoms with van der Waals surface area (Å²) in [7, 11) is 1.81. The number of hydrogen-bond donors (Lipinski definition) is 1. The highest BCUT2D eigenvalue weighted by Gasteiger charge is 2.36. The molecule has 0 bridgehead atoms. The van der Waals surface area contributed by atoms with Crippen molar-refractivity contribution >= 4 is 40.7 Å². The van der Waals surface area contributed by atoms with Gasteiger partial charge in [0, 0.05) is 30.1 Å². The Balaban J connectivity index is 1.39. The molecule has 188 valence electrons. The van der Waals surface area contributed by atoms with E-state index in [1.54, 1.807) is 28.9 Å². The van der Waals surface area contributed by atoms with Crippen LogP contribution in [0.25, 0.3) is 11.3 Å². The van der Waals surface area contributed by atoms with Gasteiger partial charge in [0.2, 0.25) is 0 Å². The van der Waals surface area contributed by atoms with Crippen LogP contribution in [0, 0.1) is 13.8 Å². The quantitative estimate of drug-likeness (QED) is 0.337. The molecule has 0 unspecified atom stereocenters. The third-order valence-electron chi connectivity index (χ3n) is 6.50. The van der Waals surface area contributed by atoms with E-state index in [1.807, 2.05) is 56.6 Å². The van der Waals surface area contributed by atoms with Gasteiger partial charge in [-0.2, -0.15) is 5.10 Å². The highest BCUT2D eigenvalue weighted by molar-refractivity contribution is 7.12. The number of imide groups is 1. The van der Waals surface area contributed by atoms with Crippen LogP contribution >= 0.6 is 22.9 Å². The van der Waals surface area contributed by atoms with Gasteiger partial charge in [0.25, 0.3) is 17.7 Å². The van der Waals surface area contributed by atoms with Crippen molar-refractivity contribution < 1.29 is 14.4 Å². The molecule has 9 heteroatoms. The maximum absolute atomic E-state index is 13.3. The predicted octanol–water partition coefficient (Wildman–Crippen LogP) is 5.06. The molecular formula is C28H25ClN4O3S. The minimum absolute atomic E-state index is 0.0701. The molecule has 0 saturated heterocycles. The zero-order valence-electron chi connectivity index (χ0n) is 20.6. The van der Waals surface area contributed by atoms with Gasteiger partial charge in [-0.3, -0.25) is 24.0 Å². The van der Waals surface area contributed by atoms with Crippen molar-refractivity contribution in [2.24, 2.45) is 7.05 Å².